The van der Waals surface area contributed by atoms with Crippen molar-refractivity contribution in [2.45, 2.75) is 56.7 Å². The lowest BCUT2D eigenvalue weighted by atomic mass is 9.97. The van der Waals surface area contributed by atoms with Crippen LogP contribution in [0, 0.1) is 0 Å². The van der Waals surface area contributed by atoms with Crippen molar-refractivity contribution in [2.24, 2.45) is 5.73 Å². The summed E-state index contributed by atoms with van der Waals surface area (Å²) >= 11 is 0. The van der Waals surface area contributed by atoms with Gasteiger partial charge in [-0.05, 0) is 45.1 Å². The van der Waals surface area contributed by atoms with Crippen LogP contribution in [0.25, 0.3) is 0 Å². The first-order valence-corrected chi connectivity index (χ1v) is 8.22. The summed E-state index contributed by atoms with van der Waals surface area (Å²) in [4.78, 5) is 17.0. The zero-order chi connectivity index (χ0) is 13.9. The molecule has 0 aromatic carbocycles. The summed E-state index contributed by atoms with van der Waals surface area (Å²) in [6.07, 6.45) is 6.96. The molecule has 3 fully saturated rings. The Morgan fingerprint density at radius 2 is 1.90 bits per heavy atom. The van der Waals surface area contributed by atoms with Crippen LogP contribution in [0.15, 0.2) is 0 Å². The zero-order valence-corrected chi connectivity index (χ0v) is 12.4. The predicted octanol–water partition coefficient (Wildman–Crippen LogP) is 0.153. The number of hydrogen-bond donors (Lipinski definition) is 2. The third kappa shape index (κ3) is 3.51. The van der Waals surface area contributed by atoms with Crippen LogP contribution < -0.4 is 11.1 Å². The Balaban J connectivity index is 1.40. The molecule has 3 heterocycles. The van der Waals surface area contributed by atoms with Crippen molar-refractivity contribution in [3.05, 3.63) is 0 Å². The number of fused-ring (bicyclic) bond motifs is 1. The molecule has 0 aromatic heterocycles. The fourth-order valence-electron chi connectivity index (χ4n) is 3.94. The first-order valence-electron chi connectivity index (χ1n) is 8.22. The first kappa shape index (κ1) is 14.3. The maximum atomic E-state index is 12.2. The van der Waals surface area contributed by atoms with Gasteiger partial charge in [-0.3, -0.25) is 9.69 Å². The van der Waals surface area contributed by atoms with Crippen LogP contribution in [0.5, 0.6) is 0 Å². The number of nitrogens with two attached hydrogens (primary N) is 1. The van der Waals surface area contributed by atoms with Gasteiger partial charge in [-0.2, -0.15) is 0 Å². The molecule has 5 nitrogen and oxygen atoms in total. The second-order valence-corrected chi connectivity index (χ2v) is 6.73. The number of carbonyl (C=O) groups is 1. The van der Waals surface area contributed by atoms with E-state index in [1.165, 1.54) is 19.4 Å². The average Bonchev–Trinajstić information content (AvgIpc) is 2.89. The zero-order valence-electron chi connectivity index (χ0n) is 12.4. The molecule has 114 valence electrons. The van der Waals surface area contributed by atoms with Gasteiger partial charge in [-0.25, -0.2) is 0 Å². The van der Waals surface area contributed by atoms with Crippen LogP contribution in [0.1, 0.15) is 38.5 Å². The van der Waals surface area contributed by atoms with Crippen molar-refractivity contribution in [3.63, 3.8) is 0 Å². The SMILES string of the molecule is NC1CCN(CC(=O)NC2CCN3CCCC3C2)CC1. The van der Waals surface area contributed by atoms with Gasteiger partial charge in [0.15, 0.2) is 0 Å². The largest absolute Gasteiger partial charge is 0.352 e. The number of carbonyl (C=O) groups excluding carboxylic acids is 1. The lowest BCUT2D eigenvalue weighted by molar-refractivity contribution is -0.123. The highest BCUT2D eigenvalue weighted by atomic mass is 16.2. The third-order valence-electron chi connectivity index (χ3n) is 5.19. The fourth-order valence-corrected chi connectivity index (χ4v) is 3.94. The van der Waals surface area contributed by atoms with Crippen molar-refractivity contribution >= 4 is 5.91 Å². The number of rotatable bonds is 3. The van der Waals surface area contributed by atoms with Gasteiger partial charge in [-0.1, -0.05) is 0 Å². The Kier molecular flexibility index (Phi) is 4.58. The van der Waals surface area contributed by atoms with E-state index < -0.39 is 0 Å². The van der Waals surface area contributed by atoms with E-state index in [1.807, 2.05) is 0 Å². The molecule has 0 aromatic rings. The highest BCUT2D eigenvalue weighted by Crippen LogP contribution is 2.26. The number of hydrogen-bond acceptors (Lipinski definition) is 4. The van der Waals surface area contributed by atoms with Crippen LogP contribution in [0.2, 0.25) is 0 Å². The standard InChI is InChI=1S/C15H28N4O/c16-12-3-7-18(8-4-12)11-15(20)17-13-5-9-19-6-1-2-14(19)10-13/h12-14H,1-11,16H2,(H,17,20). The Morgan fingerprint density at radius 3 is 2.70 bits per heavy atom. The fraction of sp³-hybridized carbons (Fsp3) is 0.933. The Morgan fingerprint density at radius 1 is 1.10 bits per heavy atom. The first-order chi connectivity index (χ1) is 9.70. The van der Waals surface area contributed by atoms with E-state index in [0.717, 1.165) is 51.4 Å². The molecule has 0 bridgehead atoms. The van der Waals surface area contributed by atoms with E-state index in [1.54, 1.807) is 0 Å². The van der Waals surface area contributed by atoms with Gasteiger partial charge in [-0.15, -0.1) is 0 Å². The molecule has 0 spiro atoms. The van der Waals surface area contributed by atoms with Gasteiger partial charge in [0.25, 0.3) is 0 Å². The molecule has 3 saturated heterocycles. The van der Waals surface area contributed by atoms with E-state index in [-0.39, 0.29) is 5.91 Å². The minimum atomic E-state index is 0.205. The second kappa shape index (κ2) is 6.41. The molecule has 0 aliphatic carbocycles. The summed E-state index contributed by atoms with van der Waals surface area (Å²) in [6.45, 7) is 4.91. The number of nitrogens with one attached hydrogen (secondary N) is 1. The van der Waals surface area contributed by atoms with E-state index in [4.69, 9.17) is 5.73 Å². The van der Waals surface area contributed by atoms with Crippen LogP contribution in [-0.2, 0) is 4.79 Å². The Labute approximate surface area is 121 Å². The normalized spacial score (nSPS) is 33.0. The topological polar surface area (TPSA) is 61.6 Å². The summed E-state index contributed by atoms with van der Waals surface area (Å²) in [5.74, 6) is 0.205. The molecule has 3 aliphatic rings. The molecule has 20 heavy (non-hydrogen) atoms. The maximum Gasteiger partial charge on any atom is 0.234 e. The highest BCUT2D eigenvalue weighted by Gasteiger charge is 2.32. The molecular formula is C15H28N4O. The van der Waals surface area contributed by atoms with Crippen molar-refractivity contribution < 1.29 is 4.79 Å². The smallest absolute Gasteiger partial charge is 0.234 e. The molecule has 1 amide bonds. The Bertz CT molecular complexity index is 341. The molecule has 0 radical (unpaired) electrons. The van der Waals surface area contributed by atoms with E-state index in [0.29, 0.717) is 18.6 Å². The van der Waals surface area contributed by atoms with E-state index >= 15 is 0 Å². The summed E-state index contributed by atoms with van der Waals surface area (Å²) < 4.78 is 0. The van der Waals surface area contributed by atoms with Crippen molar-refractivity contribution in [1.82, 2.24) is 15.1 Å². The maximum absolute atomic E-state index is 12.2. The highest BCUT2D eigenvalue weighted by molar-refractivity contribution is 5.78. The molecule has 5 heteroatoms. The van der Waals surface area contributed by atoms with Crippen molar-refractivity contribution in [2.75, 3.05) is 32.7 Å². The molecule has 3 N–H and O–H groups in total. The lowest BCUT2D eigenvalue weighted by Gasteiger charge is -2.36. The van der Waals surface area contributed by atoms with Gasteiger partial charge in [0.05, 0.1) is 6.54 Å². The van der Waals surface area contributed by atoms with Gasteiger partial charge in [0.2, 0.25) is 5.91 Å². The van der Waals surface area contributed by atoms with Crippen LogP contribution >= 0.6 is 0 Å². The molecule has 3 aliphatic heterocycles. The number of nitrogens with zero attached hydrogens (tertiary/aromatic N) is 2. The van der Waals surface area contributed by atoms with Crippen LogP contribution in [0.4, 0.5) is 0 Å². The van der Waals surface area contributed by atoms with Gasteiger partial charge < -0.3 is 16.0 Å². The molecule has 2 atom stereocenters. The quantitative estimate of drug-likeness (QED) is 0.773. The minimum absolute atomic E-state index is 0.205. The van der Waals surface area contributed by atoms with Gasteiger partial charge >= 0.3 is 0 Å². The molecular weight excluding hydrogens is 252 g/mol. The summed E-state index contributed by atoms with van der Waals surface area (Å²) in [5.41, 5.74) is 5.89. The lowest BCUT2D eigenvalue weighted by Crippen LogP contribution is -2.50. The van der Waals surface area contributed by atoms with Gasteiger partial charge in [0, 0.05) is 37.8 Å². The molecule has 0 saturated carbocycles. The predicted molar refractivity (Wildman–Crippen MR) is 79.4 cm³/mol. The van der Waals surface area contributed by atoms with E-state index in [9.17, 15) is 4.79 Å². The summed E-state index contributed by atoms with van der Waals surface area (Å²) in [6, 6.07) is 1.46. The Hall–Kier alpha value is -0.650. The summed E-state index contributed by atoms with van der Waals surface area (Å²) in [7, 11) is 0. The van der Waals surface area contributed by atoms with Crippen molar-refractivity contribution in [3.8, 4) is 0 Å². The second-order valence-electron chi connectivity index (χ2n) is 6.73. The summed E-state index contributed by atoms with van der Waals surface area (Å²) in [5, 5.41) is 3.25. The monoisotopic (exact) mass is 280 g/mol. The molecule has 3 rings (SSSR count). The number of piperidine rings is 2. The van der Waals surface area contributed by atoms with E-state index in [2.05, 4.69) is 15.1 Å². The third-order valence-corrected chi connectivity index (χ3v) is 5.19. The van der Waals surface area contributed by atoms with Crippen LogP contribution in [-0.4, -0.2) is 66.6 Å². The molecule has 2 unspecified atom stereocenters. The number of likely N-dealkylation sites (tertiary alicyclic amines) is 1. The average molecular weight is 280 g/mol. The van der Waals surface area contributed by atoms with Crippen LogP contribution in [0.3, 0.4) is 0 Å². The minimum Gasteiger partial charge on any atom is -0.352 e. The number of amides is 1. The van der Waals surface area contributed by atoms with Crippen molar-refractivity contribution in [1.29, 1.82) is 0 Å². The van der Waals surface area contributed by atoms with Gasteiger partial charge in [0.1, 0.15) is 0 Å².